The number of benzene rings is 2. The Balaban J connectivity index is 1.67. The maximum Gasteiger partial charge on any atom is 0.203 e. The zero-order chi connectivity index (χ0) is 23.0. The fraction of sp³-hybridized carbons (Fsp3) is 0.348. The number of thiazole rings is 1. The summed E-state index contributed by atoms with van der Waals surface area (Å²) in [6, 6.07) is 14.7. The van der Waals surface area contributed by atoms with Crippen molar-refractivity contribution in [2.75, 3.05) is 21.1 Å². The van der Waals surface area contributed by atoms with E-state index in [-0.39, 0.29) is 17.9 Å². The van der Waals surface area contributed by atoms with Crippen molar-refractivity contribution in [1.29, 1.82) is 0 Å². The van der Waals surface area contributed by atoms with Crippen molar-refractivity contribution in [3.05, 3.63) is 70.0 Å². The molecule has 0 aliphatic heterocycles. The normalized spacial score (nSPS) is 13.9. The van der Waals surface area contributed by atoms with Crippen molar-refractivity contribution in [3.63, 3.8) is 0 Å². The van der Waals surface area contributed by atoms with E-state index in [0.717, 1.165) is 22.0 Å². The van der Waals surface area contributed by atoms with Gasteiger partial charge in [-0.1, -0.05) is 12.1 Å². The third-order valence-electron chi connectivity index (χ3n) is 5.78. The molecule has 4 rings (SSSR count). The largest absolute Gasteiger partial charge is 0.300 e. The highest BCUT2D eigenvalue weighted by Crippen LogP contribution is 2.29. The average Bonchev–Trinajstić information content (AvgIpc) is 3.34. The molecule has 2 heterocycles. The number of hydrogen-bond acceptors (Lipinski definition) is 6. The van der Waals surface area contributed by atoms with Gasteiger partial charge in [0.15, 0.2) is 5.82 Å². The lowest BCUT2D eigenvalue weighted by Crippen LogP contribution is -2.26. The molecule has 168 valence electrons. The standard InChI is InChI=1S/C23H27FN6S2/c1-15(27(3)4)21-26-29(23(31)30(21)18-12-10-17(24)11-13-18)14-28(5)16(2)22-25-19-8-6-7-9-20(19)32-22/h6-13,15-16H,14H2,1-5H3/t15-,16-/m1/s1. The van der Waals surface area contributed by atoms with E-state index in [0.29, 0.717) is 11.4 Å². The third-order valence-corrected chi connectivity index (χ3v) is 7.38. The van der Waals surface area contributed by atoms with Gasteiger partial charge in [-0.25, -0.2) is 14.1 Å². The summed E-state index contributed by atoms with van der Waals surface area (Å²) in [6.07, 6.45) is 0. The van der Waals surface area contributed by atoms with Gasteiger partial charge in [-0.15, -0.1) is 11.3 Å². The minimum absolute atomic E-state index is 0.0231. The third kappa shape index (κ3) is 4.38. The average molecular weight is 471 g/mol. The molecule has 0 radical (unpaired) electrons. The predicted molar refractivity (Wildman–Crippen MR) is 130 cm³/mol. The first-order valence-electron chi connectivity index (χ1n) is 10.4. The highest BCUT2D eigenvalue weighted by Gasteiger charge is 2.22. The molecule has 2 aromatic carbocycles. The van der Waals surface area contributed by atoms with Crippen molar-refractivity contribution in [1.82, 2.24) is 29.1 Å². The lowest BCUT2D eigenvalue weighted by molar-refractivity contribution is 0.193. The molecule has 32 heavy (non-hydrogen) atoms. The van der Waals surface area contributed by atoms with Crippen LogP contribution in [0.2, 0.25) is 0 Å². The minimum atomic E-state index is -0.278. The Hall–Kier alpha value is -2.46. The van der Waals surface area contributed by atoms with Gasteiger partial charge < -0.3 is 0 Å². The number of para-hydroxylation sites is 1. The Morgan fingerprint density at radius 3 is 2.38 bits per heavy atom. The smallest absolute Gasteiger partial charge is 0.203 e. The molecule has 0 saturated carbocycles. The van der Waals surface area contributed by atoms with Crippen LogP contribution in [0.3, 0.4) is 0 Å². The van der Waals surface area contributed by atoms with E-state index in [1.807, 2.05) is 48.6 Å². The van der Waals surface area contributed by atoms with Crippen LogP contribution in [0.25, 0.3) is 15.9 Å². The summed E-state index contributed by atoms with van der Waals surface area (Å²) >= 11 is 7.53. The summed E-state index contributed by atoms with van der Waals surface area (Å²) in [4.78, 5) is 9.06. The molecule has 0 N–H and O–H groups in total. The van der Waals surface area contributed by atoms with E-state index >= 15 is 0 Å². The van der Waals surface area contributed by atoms with Gasteiger partial charge in [0, 0.05) is 5.69 Å². The number of aromatic nitrogens is 4. The Kier molecular flexibility index (Phi) is 6.52. The van der Waals surface area contributed by atoms with E-state index in [1.165, 1.54) is 16.8 Å². The van der Waals surface area contributed by atoms with Crippen LogP contribution in [0.5, 0.6) is 0 Å². The number of fused-ring (bicyclic) bond motifs is 1. The number of rotatable bonds is 7. The molecule has 0 fully saturated rings. The Morgan fingerprint density at radius 1 is 1.03 bits per heavy atom. The van der Waals surface area contributed by atoms with Crippen molar-refractivity contribution >= 4 is 33.8 Å². The number of halogens is 1. The summed E-state index contributed by atoms with van der Waals surface area (Å²) in [7, 11) is 6.05. The van der Waals surface area contributed by atoms with Gasteiger partial charge in [0.2, 0.25) is 4.77 Å². The maximum absolute atomic E-state index is 13.5. The molecule has 0 aliphatic carbocycles. The van der Waals surface area contributed by atoms with E-state index in [2.05, 4.69) is 29.7 Å². The van der Waals surface area contributed by atoms with Crippen molar-refractivity contribution in [3.8, 4) is 5.69 Å². The van der Waals surface area contributed by atoms with Crippen LogP contribution in [0.4, 0.5) is 4.39 Å². The Bertz CT molecular complexity index is 1240. The summed E-state index contributed by atoms with van der Waals surface area (Å²) in [5, 5.41) is 5.93. The van der Waals surface area contributed by atoms with Crippen LogP contribution in [-0.2, 0) is 6.67 Å². The zero-order valence-corrected chi connectivity index (χ0v) is 20.5. The van der Waals surface area contributed by atoms with Crippen LogP contribution in [0, 0.1) is 10.6 Å². The molecule has 0 amide bonds. The lowest BCUT2D eigenvalue weighted by Gasteiger charge is -2.22. The predicted octanol–water partition coefficient (Wildman–Crippen LogP) is 5.43. The molecule has 2 atom stereocenters. The molecular formula is C23H27FN6S2. The van der Waals surface area contributed by atoms with Crippen LogP contribution < -0.4 is 0 Å². The number of nitrogens with zero attached hydrogens (tertiary/aromatic N) is 6. The maximum atomic E-state index is 13.5. The Morgan fingerprint density at radius 2 is 1.72 bits per heavy atom. The van der Waals surface area contributed by atoms with Gasteiger partial charge in [-0.2, -0.15) is 5.10 Å². The van der Waals surface area contributed by atoms with E-state index in [4.69, 9.17) is 22.3 Å². The molecule has 0 aliphatic rings. The van der Waals surface area contributed by atoms with Crippen LogP contribution in [-0.4, -0.2) is 50.3 Å². The monoisotopic (exact) mass is 470 g/mol. The fourth-order valence-electron chi connectivity index (χ4n) is 3.44. The minimum Gasteiger partial charge on any atom is -0.300 e. The molecule has 6 nitrogen and oxygen atoms in total. The van der Waals surface area contributed by atoms with Gasteiger partial charge in [0.25, 0.3) is 0 Å². The summed E-state index contributed by atoms with van der Waals surface area (Å²) in [5.41, 5.74) is 1.82. The summed E-state index contributed by atoms with van der Waals surface area (Å²) in [6.45, 7) is 4.73. The van der Waals surface area contributed by atoms with Crippen molar-refractivity contribution in [2.45, 2.75) is 32.6 Å². The molecule has 0 spiro atoms. The van der Waals surface area contributed by atoms with Crippen LogP contribution >= 0.6 is 23.6 Å². The van der Waals surface area contributed by atoms with Crippen molar-refractivity contribution < 1.29 is 4.39 Å². The van der Waals surface area contributed by atoms with Crippen molar-refractivity contribution in [2.24, 2.45) is 0 Å². The zero-order valence-electron chi connectivity index (χ0n) is 18.9. The molecule has 0 bridgehead atoms. The lowest BCUT2D eigenvalue weighted by atomic mass is 10.2. The number of hydrogen-bond donors (Lipinski definition) is 0. The molecule has 2 aromatic heterocycles. The summed E-state index contributed by atoms with van der Waals surface area (Å²) in [5.74, 6) is 0.534. The SMILES string of the molecule is C[C@H](c1nn(CN(C)[C@H](C)c2nc3ccccc3s2)c(=S)n1-c1ccc(F)cc1)N(C)C. The van der Waals surface area contributed by atoms with E-state index < -0.39 is 0 Å². The highest BCUT2D eigenvalue weighted by molar-refractivity contribution is 7.71. The topological polar surface area (TPSA) is 42.1 Å². The fourth-order valence-corrected chi connectivity index (χ4v) is 4.82. The first-order chi connectivity index (χ1) is 15.3. The Labute approximate surface area is 196 Å². The molecule has 0 unspecified atom stereocenters. The second kappa shape index (κ2) is 9.19. The van der Waals surface area contributed by atoms with Gasteiger partial charge >= 0.3 is 0 Å². The molecule has 9 heteroatoms. The molecule has 0 saturated heterocycles. The summed E-state index contributed by atoms with van der Waals surface area (Å²) < 4.78 is 19.0. The second-order valence-corrected chi connectivity index (χ2v) is 9.61. The van der Waals surface area contributed by atoms with Gasteiger partial charge in [0.05, 0.1) is 29.0 Å². The van der Waals surface area contributed by atoms with E-state index in [9.17, 15) is 4.39 Å². The van der Waals surface area contributed by atoms with E-state index in [1.54, 1.807) is 23.5 Å². The van der Waals surface area contributed by atoms with Gasteiger partial charge in [-0.3, -0.25) is 14.4 Å². The van der Waals surface area contributed by atoms with Gasteiger partial charge in [0.1, 0.15) is 10.8 Å². The second-order valence-electron chi connectivity index (χ2n) is 8.19. The van der Waals surface area contributed by atoms with Crippen LogP contribution in [0.15, 0.2) is 48.5 Å². The molecule has 4 aromatic rings. The highest BCUT2D eigenvalue weighted by atomic mass is 32.1. The quantitative estimate of drug-likeness (QED) is 0.337. The molecular weight excluding hydrogens is 443 g/mol. The van der Waals surface area contributed by atoms with Gasteiger partial charge in [-0.05, 0) is 83.6 Å². The van der Waals surface area contributed by atoms with Crippen LogP contribution in [0.1, 0.15) is 36.8 Å². The first kappa shape index (κ1) is 22.7. The first-order valence-corrected chi connectivity index (χ1v) is 11.7.